The average Bonchev–Trinajstić information content (AvgIpc) is 2.84. The Labute approximate surface area is 126 Å². The molecule has 3 rings (SSSR count). The van der Waals surface area contributed by atoms with Crippen LogP contribution in [0.3, 0.4) is 0 Å². The predicted octanol–water partition coefficient (Wildman–Crippen LogP) is 0.670. The molecule has 22 heavy (non-hydrogen) atoms. The molecular formula is C14H16N8. The molecule has 0 amide bonds. The van der Waals surface area contributed by atoms with Gasteiger partial charge >= 0.3 is 0 Å². The highest BCUT2D eigenvalue weighted by Crippen LogP contribution is 2.22. The molecule has 0 saturated heterocycles. The maximum Gasteiger partial charge on any atom is 0.224 e. The minimum absolute atomic E-state index is 0.0955. The molecule has 6 N–H and O–H groups in total. The van der Waals surface area contributed by atoms with Crippen LogP contribution in [0.5, 0.6) is 0 Å². The molecule has 0 aliphatic rings. The Morgan fingerprint density at radius 3 is 2.59 bits per heavy atom. The van der Waals surface area contributed by atoms with Crippen molar-refractivity contribution in [2.75, 3.05) is 5.73 Å². The second kappa shape index (κ2) is 5.32. The van der Waals surface area contributed by atoms with Gasteiger partial charge in [-0.15, -0.1) is 0 Å². The molecule has 0 spiro atoms. The van der Waals surface area contributed by atoms with Crippen molar-refractivity contribution in [1.29, 1.82) is 0 Å². The van der Waals surface area contributed by atoms with Crippen molar-refractivity contribution < 1.29 is 0 Å². The molecule has 112 valence electrons. The van der Waals surface area contributed by atoms with Crippen LogP contribution in [0, 0.1) is 6.92 Å². The van der Waals surface area contributed by atoms with Crippen molar-refractivity contribution in [2.24, 2.45) is 16.5 Å². The van der Waals surface area contributed by atoms with Gasteiger partial charge in [0.15, 0.2) is 22.9 Å². The van der Waals surface area contributed by atoms with Gasteiger partial charge in [0.1, 0.15) is 0 Å². The summed E-state index contributed by atoms with van der Waals surface area (Å²) < 4.78 is 1.88. The van der Waals surface area contributed by atoms with Gasteiger partial charge in [0.25, 0.3) is 0 Å². The van der Waals surface area contributed by atoms with E-state index in [0.29, 0.717) is 17.7 Å². The first-order chi connectivity index (χ1) is 10.5. The fourth-order valence-electron chi connectivity index (χ4n) is 2.15. The number of nitrogen functional groups attached to an aromatic ring is 1. The van der Waals surface area contributed by atoms with Gasteiger partial charge in [-0.25, -0.2) is 4.98 Å². The number of hydrogen-bond donors (Lipinski definition) is 3. The number of nitrogens with two attached hydrogens (primary N) is 3. The third kappa shape index (κ3) is 2.66. The molecule has 2 aromatic heterocycles. The van der Waals surface area contributed by atoms with Crippen LogP contribution in [-0.4, -0.2) is 25.5 Å². The molecular weight excluding hydrogens is 280 g/mol. The van der Waals surface area contributed by atoms with Gasteiger partial charge in [0, 0.05) is 0 Å². The van der Waals surface area contributed by atoms with Crippen molar-refractivity contribution in [3.05, 3.63) is 41.7 Å². The first-order valence-corrected chi connectivity index (χ1v) is 6.66. The Kier molecular flexibility index (Phi) is 3.34. The van der Waals surface area contributed by atoms with Crippen molar-refractivity contribution in [1.82, 2.24) is 19.5 Å². The molecule has 0 radical (unpaired) electrons. The van der Waals surface area contributed by atoms with E-state index in [2.05, 4.69) is 44.2 Å². The lowest BCUT2D eigenvalue weighted by Crippen LogP contribution is -2.22. The second-order valence-corrected chi connectivity index (χ2v) is 4.97. The number of nitrogens with zero attached hydrogens (tertiary/aromatic N) is 5. The zero-order valence-corrected chi connectivity index (χ0v) is 12.1. The van der Waals surface area contributed by atoms with E-state index in [9.17, 15) is 0 Å². The number of guanidine groups is 1. The molecule has 0 unspecified atom stereocenters. The van der Waals surface area contributed by atoms with Crippen molar-refractivity contribution in [3.8, 4) is 0 Å². The molecule has 0 aliphatic heterocycles. The lowest BCUT2D eigenvalue weighted by molar-refractivity contribution is 0.813. The van der Waals surface area contributed by atoms with Gasteiger partial charge in [-0.05, 0) is 12.5 Å². The molecule has 8 heteroatoms. The van der Waals surface area contributed by atoms with E-state index in [0.717, 1.165) is 5.56 Å². The molecule has 1 aromatic carbocycles. The van der Waals surface area contributed by atoms with Crippen LogP contribution >= 0.6 is 0 Å². The van der Waals surface area contributed by atoms with Crippen LogP contribution in [0.1, 0.15) is 11.1 Å². The standard InChI is InChI=1S/C14H16N8/c1-8-2-4-9(5-3-8)6-22-7-18-10-11(19-13(15)16)20-14(17)21-12(10)22/h2-5,7H,6H2,1H3,(H6,15,16,17,19,20,21). The van der Waals surface area contributed by atoms with Gasteiger partial charge in [-0.1, -0.05) is 29.8 Å². The molecule has 0 bridgehead atoms. The maximum atomic E-state index is 5.73. The number of aromatic nitrogens is 4. The van der Waals surface area contributed by atoms with Crippen LogP contribution in [0.25, 0.3) is 11.2 Å². The van der Waals surface area contributed by atoms with E-state index in [4.69, 9.17) is 17.2 Å². The van der Waals surface area contributed by atoms with E-state index < -0.39 is 0 Å². The topological polar surface area (TPSA) is 134 Å². The summed E-state index contributed by atoms with van der Waals surface area (Å²) >= 11 is 0. The normalized spacial score (nSPS) is 10.8. The summed E-state index contributed by atoms with van der Waals surface area (Å²) in [4.78, 5) is 16.5. The van der Waals surface area contributed by atoms with E-state index in [1.807, 2.05) is 11.5 Å². The van der Waals surface area contributed by atoms with Gasteiger partial charge in [0.05, 0.1) is 12.9 Å². The molecule has 0 saturated carbocycles. The van der Waals surface area contributed by atoms with E-state index in [-0.39, 0.29) is 17.7 Å². The quantitative estimate of drug-likeness (QED) is 0.480. The number of aryl methyl sites for hydroxylation is 1. The van der Waals surface area contributed by atoms with Crippen molar-refractivity contribution in [3.63, 3.8) is 0 Å². The highest BCUT2D eigenvalue weighted by atomic mass is 15.2. The number of fused-ring (bicyclic) bond motifs is 1. The Bertz CT molecular complexity index is 843. The molecule has 3 aromatic rings. The summed E-state index contributed by atoms with van der Waals surface area (Å²) in [7, 11) is 0. The summed E-state index contributed by atoms with van der Waals surface area (Å²) in [6.45, 7) is 2.67. The fourth-order valence-corrected chi connectivity index (χ4v) is 2.15. The summed E-state index contributed by atoms with van der Waals surface area (Å²) in [6, 6.07) is 8.23. The maximum absolute atomic E-state index is 5.73. The van der Waals surface area contributed by atoms with E-state index >= 15 is 0 Å². The Hall–Kier alpha value is -3.16. The monoisotopic (exact) mass is 296 g/mol. The van der Waals surface area contributed by atoms with Crippen LogP contribution in [0.4, 0.5) is 11.8 Å². The smallest absolute Gasteiger partial charge is 0.224 e. The minimum atomic E-state index is -0.104. The van der Waals surface area contributed by atoms with Gasteiger partial charge in [-0.2, -0.15) is 15.0 Å². The number of rotatable bonds is 3. The lowest BCUT2D eigenvalue weighted by atomic mass is 10.1. The molecule has 0 atom stereocenters. The minimum Gasteiger partial charge on any atom is -0.370 e. The second-order valence-electron chi connectivity index (χ2n) is 4.97. The Balaban J connectivity index is 2.06. The largest absolute Gasteiger partial charge is 0.370 e. The van der Waals surface area contributed by atoms with E-state index in [1.165, 1.54) is 5.56 Å². The number of hydrogen-bond acceptors (Lipinski definition) is 5. The Morgan fingerprint density at radius 2 is 1.91 bits per heavy atom. The fraction of sp³-hybridized carbons (Fsp3) is 0.143. The zero-order valence-electron chi connectivity index (χ0n) is 12.1. The van der Waals surface area contributed by atoms with E-state index in [1.54, 1.807) is 6.33 Å². The van der Waals surface area contributed by atoms with Gasteiger partial charge in [-0.3, -0.25) is 0 Å². The van der Waals surface area contributed by atoms with Crippen LogP contribution < -0.4 is 17.2 Å². The highest BCUT2D eigenvalue weighted by molar-refractivity contribution is 5.87. The highest BCUT2D eigenvalue weighted by Gasteiger charge is 2.12. The van der Waals surface area contributed by atoms with Gasteiger partial charge in [0.2, 0.25) is 5.95 Å². The predicted molar refractivity (Wildman–Crippen MR) is 85.5 cm³/mol. The molecule has 0 aliphatic carbocycles. The Morgan fingerprint density at radius 1 is 1.18 bits per heavy atom. The first-order valence-electron chi connectivity index (χ1n) is 6.66. The van der Waals surface area contributed by atoms with Crippen LogP contribution in [-0.2, 0) is 6.54 Å². The van der Waals surface area contributed by atoms with Crippen LogP contribution in [0.2, 0.25) is 0 Å². The third-order valence-corrected chi connectivity index (χ3v) is 3.17. The molecule has 8 nitrogen and oxygen atoms in total. The van der Waals surface area contributed by atoms with Crippen molar-refractivity contribution in [2.45, 2.75) is 13.5 Å². The third-order valence-electron chi connectivity index (χ3n) is 3.17. The number of anilines is 1. The van der Waals surface area contributed by atoms with Gasteiger partial charge < -0.3 is 21.8 Å². The molecule has 0 fully saturated rings. The SMILES string of the molecule is Cc1ccc(Cn2cnc3c(N=C(N)N)nc(N)nc32)cc1. The zero-order chi connectivity index (χ0) is 15.7. The first kappa shape index (κ1) is 13.8. The number of aliphatic imine (C=N–C) groups is 1. The van der Waals surface area contributed by atoms with Crippen LogP contribution in [0.15, 0.2) is 35.6 Å². The number of imidazole rings is 1. The van der Waals surface area contributed by atoms with Crippen molar-refractivity contribution >= 4 is 28.9 Å². The summed E-state index contributed by atoms with van der Waals surface area (Å²) in [6.07, 6.45) is 1.67. The average molecular weight is 296 g/mol. The summed E-state index contributed by atoms with van der Waals surface area (Å²) in [5.74, 6) is 0.260. The lowest BCUT2D eigenvalue weighted by Gasteiger charge is -2.05. The number of benzene rings is 1. The summed E-state index contributed by atoms with van der Waals surface area (Å²) in [5.41, 5.74) is 20.0. The molecule has 2 heterocycles. The summed E-state index contributed by atoms with van der Waals surface area (Å²) in [5, 5.41) is 0.